The van der Waals surface area contributed by atoms with Gasteiger partial charge in [-0.1, -0.05) is 18.2 Å². The SMILES string of the molecule is O=C(NCc1cccnc1)C1CCN(c2ccccc2F)CC1. The fourth-order valence-electron chi connectivity index (χ4n) is 2.93. The van der Waals surface area contributed by atoms with Crippen LogP contribution in [0.15, 0.2) is 48.8 Å². The summed E-state index contributed by atoms with van der Waals surface area (Å²) in [5.74, 6) is -0.135. The smallest absolute Gasteiger partial charge is 0.223 e. The number of piperidine rings is 1. The highest BCUT2D eigenvalue weighted by molar-refractivity contribution is 5.79. The number of hydrogen-bond acceptors (Lipinski definition) is 3. The van der Waals surface area contributed by atoms with Crippen LogP contribution in [0.5, 0.6) is 0 Å². The topological polar surface area (TPSA) is 45.2 Å². The molecule has 120 valence electrons. The first-order valence-electron chi connectivity index (χ1n) is 7.90. The molecular weight excluding hydrogens is 293 g/mol. The molecule has 0 radical (unpaired) electrons. The predicted molar refractivity (Wildman–Crippen MR) is 87.4 cm³/mol. The molecule has 2 aromatic rings. The van der Waals surface area contributed by atoms with Crippen LogP contribution in [-0.2, 0) is 11.3 Å². The molecule has 5 heteroatoms. The fourth-order valence-corrected chi connectivity index (χ4v) is 2.93. The number of benzene rings is 1. The predicted octanol–water partition coefficient (Wildman–Crippen LogP) is 2.75. The van der Waals surface area contributed by atoms with Gasteiger partial charge in [-0.05, 0) is 36.6 Å². The molecule has 0 unspecified atom stereocenters. The van der Waals surface area contributed by atoms with Gasteiger partial charge in [0.25, 0.3) is 0 Å². The third kappa shape index (κ3) is 3.86. The van der Waals surface area contributed by atoms with Gasteiger partial charge in [-0.3, -0.25) is 9.78 Å². The van der Waals surface area contributed by atoms with E-state index in [2.05, 4.69) is 10.3 Å². The van der Waals surface area contributed by atoms with Crippen LogP contribution in [0.3, 0.4) is 0 Å². The van der Waals surface area contributed by atoms with Gasteiger partial charge in [-0.15, -0.1) is 0 Å². The number of nitrogens with one attached hydrogen (secondary N) is 1. The number of pyridine rings is 1. The van der Waals surface area contributed by atoms with Crippen LogP contribution >= 0.6 is 0 Å². The summed E-state index contributed by atoms with van der Waals surface area (Å²) in [5, 5.41) is 2.96. The lowest BCUT2D eigenvalue weighted by Crippen LogP contribution is -2.40. The molecule has 1 fully saturated rings. The number of para-hydroxylation sites is 1. The maximum Gasteiger partial charge on any atom is 0.223 e. The number of anilines is 1. The molecule has 1 N–H and O–H groups in total. The van der Waals surface area contributed by atoms with Gasteiger partial charge in [-0.2, -0.15) is 0 Å². The van der Waals surface area contributed by atoms with Crippen molar-refractivity contribution in [1.82, 2.24) is 10.3 Å². The summed E-state index contributed by atoms with van der Waals surface area (Å²) in [6.07, 6.45) is 4.95. The summed E-state index contributed by atoms with van der Waals surface area (Å²) in [6.45, 7) is 1.90. The molecule has 0 aliphatic carbocycles. The molecule has 0 saturated carbocycles. The van der Waals surface area contributed by atoms with E-state index in [4.69, 9.17) is 0 Å². The molecule has 1 aliphatic heterocycles. The molecule has 1 aliphatic rings. The Balaban J connectivity index is 1.50. The maximum atomic E-state index is 13.8. The second-order valence-corrected chi connectivity index (χ2v) is 5.79. The Bertz CT molecular complexity index is 654. The minimum atomic E-state index is -0.202. The zero-order valence-electron chi connectivity index (χ0n) is 12.9. The lowest BCUT2D eigenvalue weighted by molar-refractivity contribution is -0.125. The van der Waals surface area contributed by atoms with Crippen molar-refractivity contribution >= 4 is 11.6 Å². The Morgan fingerprint density at radius 1 is 1.22 bits per heavy atom. The van der Waals surface area contributed by atoms with E-state index >= 15 is 0 Å². The number of hydrogen-bond donors (Lipinski definition) is 1. The third-order valence-electron chi connectivity index (χ3n) is 4.25. The summed E-state index contributed by atoms with van der Waals surface area (Å²) < 4.78 is 13.8. The number of amides is 1. The number of carbonyl (C=O) groups is 1. The van der Waals surface area contributed by atoms with E-state index in [-0.39, 0.29) is 17.6 Å². The Morgan fingerprint density at radius 2 is 2.00 bits per heavy atom. The molecule has 2 heterocycles. The number of carbonyl (C=O) groups excluding carboxylic acids is 1. The first kappa shape index (κ1) is 15.5. The monoisotopic (exact) mass is 313 g/mol. The average Bonchev–Trinajstić information content (AvgIpc) is 2.61. The second kappa shape index (κ2) is 7.22. The van der Waals surface area contributed by atoms with Crippen molar-refractivity contribution in [3.05, 3.63) is 60.2 Å². The van der Waals surface area contributed by atoms with Crippen LogP contribution in [0.25, 0.3) is 0 Å². The van der Waals surface area contributed by atoms with E-state index in [0.29, 0.717) is 25.3 Å². The number of halogens is 1. The zero-order chi connectivity index (χ0) is 16.1. The average molecular weight is 313 g/mol. The summed E-state index contributed by atoms with van der Waals surface area (Å²) in [6, 6.07) is 10.6. The lowest BCUT2D eigenvalue weighted by Gasteiger charge is -2.33. The van der Waals surface area contributed by atoms with Crippen LogP contribution < -0.4 is 10.2 Å². The van der Waals surface area contributed by atoms with Gasteiger partial charge < -0.3 is 10.2 Å². The van der Waals surface area contributed by atoms with Crippen molar-refractivity contribution in [3.63, 3.8) is 0 Å². The van der Waals surface area contributed by atoms with Gasteiger partial charge >= 0.3 is 0 Å². The second-order valence-electron chi connectivity index (χ2n) is 5.79. The lowest BCUT2D eigenvalue weighted by atomic mass is 9.95. The van der Waals surface area contributed by atoms with E-state index in [1.165, 1.54) is 6.07 Å². The molecule has 1 saturated heterocycles. The van der Waals surface area contributed by atoms with Crippen LogP contribution in [0.2, 0.25) is 0 Å². The first-order chi connectivity index (χ1) is 11.2. The number of rotatable bonds is 4. The van der Waals surface area contributed by atoms with E-state index in [1.807, 2.05) is 23.1 Å². The normalized spacial score (nSPS) is 15.4. The molecule has 0 spiro atoms. The van der Waals surface area contributed by atoms with Crippen molar-refractivity contribution in [3.8, 4) is 0 Å². The highest BCUT2D eigenvalue weighted by Gasteiger charge is 2.25. The first-order valence-corrected chi connectivity index (χ1v) is 7.90. The van der Waals surface area contributed by atoms with E-state index in [9.17, 15) is 9.18 Å². The van der Waals surface area contributed by atoms with Gasteiger partial charge in [0.15, 0.2) is 0 Å². The fraction of sp³-hybridized carbons (Fsp3) is 0.333. The van der Waals surface area contributed by atoms with E-state index in [1.54, 1.807) is 24.5 Å². The number of nitrogens with zero attached hydrogens (tertiary/aromatic N) is 2. The molecule has 23 heavy (non-hydrogen) atoms. The minimum absolute atomic E-state index is 0.00491. The van der Waals surface area contributed by atoms with Crippen LogP contribution in [-0.4, -0.2) is 24.0 Å². The minimum Gasteiger partial charge on any atom is -0.369 e. The molecule has 1 aromatic heterocycles. The van der Waals surface area contributed by atoms with Crippen molar-refractivity contribution in [2.45, 2.75) is 19.4 Å². The highest BCUT2D eigenvalue weighted by Crippen LogP contribution is 2.25. The quantitative estimate of drug-likeness (QED) is 0.944. The van der Waals surface area contributed by atoms with Gasteiger partial charge in [-0.25, -0.2) is 4.39 Å². The third-order valence-corrected chi connectivity index (χ3v) is 4.25. The van der Waals surface area contributed by atoms with E-state index in [0.717, 1.165) is 18.4 Å². The molecular formula is C18H20FN3O. The Morgan fingerprint density at radius 3 is 2.70 bits per heavy atom. The van der Waals surface area contributed by atoms with Crippen molar-refractivity contribution < 1.29 is 9.18 Å². The van der Waals surface area contributed by atoms with Crippen molar-refractivity contribution in [1.29, 1.82) is 0 Å². The standard InChI is InChI=1S/C18H20FN3O/c19-16-5-1-2-6-17(16)22-10-7-15(8-11-22)18(23)21-13-14-4-3-9-20-12-14/h1-6,9,12,15H,7-8,10-11,13H2,(H,21,23). The van der Waals surface area contributed by atoms with Gasteiger partial charge in [0.1, 0.15) is 5.82 Å². The summed E-state index contributed by atoms with van der Waals surface area (Å²) in [7, 11) is 0. The van der Waals surface area contributed by atoms with Gasteiger partial charge in [0.05, 0.1) is 5.69 Å². The summed E-state index contributed by atoms with van der Waals surface area (Å²) >= 11 is 0. The Hall–Kier alpha value is -2.43. The molecule has 4 nitrogen and oxygen atoms in total. The summed E-state index contributed by atoms with van der Waals surface area (Å²) in [4.78, 5) is 18.3. The Kier molecular flexibility index (Phi) is 4.86. The maximum absolute atomic E-state index is 13.8. The molecule has 1 amide bonds. The van der Waals surface area contributed by atoms with Gasteiger partial charge in [0, 0.05) is 37.9 Å². The highest BCUT2D eigenvalue weighted by atomic mass is 19.1. The molecule has 0 bridgehead atoms. The van der Waals surface area contributed by atoms with E-state index < -0.39 is 0 Å². The molecule has 0 atom stereocenters. The largest absolute Gasteiger partial charge is 0.369 e. The number of aromatic nitrogens is 1. The Labute approximate surface area is 135 Å². The van der Waals surface area contributed by atoms with Crippen molar-refractivity contribution in [2.75, 3.05) is 18.0 Å². The molecule has 3 rings (SSSR count). The van der Waals surface area contributed by atoms with Gasteiger partial charge in [0.2, 0.25) is 5.91 Å². The van der Waals surface area contributed by atoms with Crippen LogP contribution in [0.4, 0.5) is 10.1 Å². The van der Waals surface area contributed by atoms with Crippen LogP contribution in [0, 0.1) is 11.7 Å². The molecule has 1 aromatic carbocycles. The zero-order valence-corrected chi connectivity index (χ0v) is 12.9. The summed E-state index contributed by atoms with van der Waals surface area (Å²) in [5.41, 5.74) is 1.62. The van der Waals surface area contributed by atoms with Crippen LogP contribution in [0.1, 0.15) is 18.4 Å². The van der Waals surface area contributed by atoms with Crippen molar-refractivity contribution in [2.24, 2.45) is 5.92 Å².